The Labute approximate surface area is 308 Å². The molecule has 0 bridgehead atoms. The number of aliphatic hydroxyl groups excluding tert-OH is 2. The van der Waals surface area contributed by atoms with Crippen molar-refractivity contribution >= 4 is 59.5 Å². The first-order valence-electron chi connectivity index (χ1n) is 16.8. The molecular formula is C33H53IN8O7Si. The molecule has 4 aromatic heterocycles. The Morgan fingerprint density at radius 3 is 1.94 bits per heavy atom. The minimum atomic E-state index is -2.14. The second-order valence-electron chi connectivity index (χ2n) is 13.5. The zero-order valence-corrected chi connectivity index (χ0v) is 33.7. The van der Waals surface area contributed by atoms with Crippen LogP contribution in [-0.2, 0) is 24.5 Å². The van der Waals surface area contributed by atoms with E-state index in [0.29, 0.717) is 29.3 Å². The van der Waals surface area contributed by atoms with Gasteiger partial charge in [-0.25, -0.2) is 23.8 Å². The summed E-state index contributed by atoms with van der Waals surface area (Å²) in [7, 11) is -2.14. The van der Waals surface area contributed by atoms with Crippen molar-refractivity contribution in [3.8, 4) is 0 Å². The normalized spacial score (nSPS) is 26.4. The van der Waals surface area contributed by atoms with Gasteiger partial charge in [0, 0.05) is 5.92 Å². The molecule has 15 nitrogen and oxygen atoms in total. The minimum absolute atomic E-state index is 0.0196. The maximum absolute atomic E-state index is 11.8. The van der Waals surface area contributed by atoms with E-state index in [0.717, 1.165) is 15.6 Å². The molecule has 50 heavy (non-hydrogen) atoms. The SMILES string of the molecule is CC.CC[C@H]1OC(=O)[C@H](O)[C@@H]1O.CC[C@H]1OC(O)(c2ccc3c(N)ncnn23)C(O[Si](C)(C)C(C)(C)C)[C@@H]1C.Nc1ncnn2c(I)ccc12. The van der Waals surface area contributed by atoms with E-state index in [1.807, 2.05) is 26.0 Å². The number of hydrogen-bond acceptors (Lipinski definition) is 13. The first-order valence-corrected chi connectivity index (χ1v) is 20.8. The highest BCUT2D eigenvalue weighted by atomic mass is 127. The lowest BCUT2D eigenvalue weighted by molar-refractivity contribution is -0.237. The minimum Gasteiger partial charge on any atom is -0.458 e. The molecule has 2 aliphatic rings. The summed E-state index contributed by atoms with van der Waals surface area (Å²) in [5.41, 5.74) is 13.6. The lowest BCUT2D eigenvalue weighted by atomic mass is 9.94. The molecule has 0 aromatic carbocycles. The quantitative estimate of drug-likeness (QED) is 0.108. The number of carbonyl (C=O) groups is 1. The van der Waals surface area contributed by atoms with Gasteiger partial charge in [0.15, 0.2) is 26.1 Å². The van der Waals surface area contributed by atoms with Crippen LogP contribution in [-0.4, -0.2) is 89.3 Å². The summed E-state index contributed by atoms with van der Waals surface area (Å²) in [4.78, 5) is 18.4. The van der Waals surface area contributed by atoms with Gasteiger partial charge in [0.25, 0.3) is 0 Å². The van der Waals surface area contributed by atoms with Crippen LogP contribution in [0.1, 0.15) is 73.9 Å². The first-order chi connectivity index (χ1) is 23.4. The van der Waals surface area contributed by atoms with Gasteiger partial charge in [-0.15, -0.1) is 0 Å². The summed E-state index contributed by atoms with van der Waals surface area (Å²) in [5.74, 6) is -1.40. The largest absolute Gasteiger partial charge is 0.458 e. The Bertz CT molecular complexity index is 1730. The number of halogens is 1. The second kappa shape index (κ2) is 16.6. The number of aliphatic hydroxyl groups is 3. The summed E-state index contributed by atoms with van der Waals surface area (Å²) < 4.78 is 21.9. The third-order valence-electron chi connectivity index (χ3n) is 9.31. The van der Waals surface area contributed by atoms with Crippen molar-refractivity contribution in [2.75, 3.05) is 11.5 Å². The average molecular weight is 829 g/mol. The molecule has 2 fully saturated rings. The van der Waals surface area contributed by atoms with Crippen LogP contribution in [0.4, 0.5) is 11.6 Å². The number of aromatic nitrogens is 6. The molecule has 278 valence electrons. The number of nitrogens with zero attached hydrogens (tertiary/aromatic N) is 6. The Hall–Kier alpha value is -2.94. The standard InChI is InChI=1S/C19H32N4O3Si.C6H5IN4.C6H10O4.C2H6/c1-8-14-12(2)16(26-27(6,7)18(3,4)5)19(24,25-14)15-10-9-13-17(20)21-11-22-23(13)15;7-5-2-1-4-6(8)9-3-10-11(4)5;1-2-3-4(7)5(8)6(9)10-3;1-2/h9-12,14,16,24H,8H2,1-7H3,(H2,20,21,22);1-3H,(H2,8,9,10);3-5,7-8H,2H2,1H3;1-2H3/t12-,14-,16?,19?;;3-,4-,5-;/m1.1./s1. The summed E-state index contributed by atoms with van der Waals surface area (Å²) in [6, 6.07) is 7.45. The van der Waals surface area contributed by atoms with Gasteiger partial charge in [0.05, 0.1) is 6.10 Å². The molecule has 0 amide bonds. The number of anilines is 2. The molecule has 0 aliphatic carbocycles. The highest BCUT2D eigenvalue weighted by Gasteiger charge is 2.58. The van der Waals surface area contributed by atoms with Crippen molar-refractivity contribution in [3.05, 3.63) is 46.3 Å². The van der Waals surface area contributed by atoms with Crippen molar-refractivity contribution in [2.24, 2.45) is 5.92 Å². The van der Waals surface area contributed by atoms with Gasteiger partial charge < -0.3 is 40.7 Å². The number of cyclic esters (lactones) is 1. The Morgan fingerprint density at radius 2 is 1.48 bits per heavy atom. The maximum atomic E-state index is 11.8. The number of fused-ring (bicyclic) bond motifs is 2. The molecular weight excluding hydrogens is 775 g/mol. The Morgan fingerprint density at radius 1 is 0.960 bits per heavy atom. The van der Waals surface area contributed by atoms with Gasteiger partial charge in [-0.3, -0.25) is 0 Å². The maximum Gasteiger partial charge on any atom is 0.338 e. The fourth-order valence-electron chi connectivity index (χ4n) is 5.40. The van der Waals surface area contributed by atoms with Gasteiger partial charge in [-0.2, -0.15) is 10.2 Å². The zero-order valence-electron chi connectivity index (χ0n) is 30.5. The molecule has 6 rings (SSSR count). The topological polar surface area (TPSA) is 218 Å². The Kier molecular flexibility index (Phi) is 13.8. The summed E-state index contributed by atoms with van der Waals surface area (Å²) in [6.07, 6.45) is 0.654. The fraction of sp³-hybridized carbons (Fsp3) is 0.606. The zero-order chi connectivity index (χ0) is 37.8. The molecule has 7 N–H and O–H groups in total. The number of carbonyl (C=O) groups excluding carboxylic acids is 1. The smallest absolute Gasteiger partial charge is 0.338 e. The van der Waals surface area contributed by atoms with Crippen molar-refractivity contribution < 1.29 is 34.0 Å². The van der Waals surface area contributed by atoms with Crippen LogP contribution in [0.5, 0.6) is 0 Å². The third kappa shape index (κ3) is 8.40. The van der Waals surface area contributed by atoms with Crippen molar-refractivity contribution in [3.63, 3.8) is 0 Å². The Balaban J connectivity index is 0.000000239. The van der Waals surface area contributed by atoms with Gasteiger partial charge in [-0.1, -0.05) is 55.4 Å². The van der Waals surface area contributed by atoms with E-state index in [4.69, 9.17) is 30.8 Å². The van der Waals surface area contributed by atoms with Gasteiger partial charge in [0.2, 0.25) is 5.79 Å². The number of hydrogen-bond donors (Lipinski definition) is 5. The highest BCUT2D eigenvalue weighted by Crippen LogP contribution is 2.48. The number of ether oxygens (including phenoxy) is 2. The molecule has 6 heterocycles. The van der Waals surface area contributed by atoms with E-state index in [1.54, 1.807) is 28.1 Å². The summed E-state index contributed by atoms with van der Waals surface area (Å²) in [5, 5.41) is 38.0. The van der Waals surface area contributed by atoms with E-state index < -0.39 is 44.5 Å². The van der Waals surface area contributed by atoms with E-state index in [9.17, 15) is 9.90 Å². The van der Waals surface area contributed by atoms with Crippen molar-refractivity contribution in [1.29, 1.82) is 0 Å². The van der Waals surface area contributed by atoms with Crippen LogP contribution in [0.2, 0.25) is 18.1 Å². The number of nitrogen functional groups attached to an aromatic ring is 2. The molecule has 4 aromatic rings. The van der Waals surface area contributed by atoms with Crippen molar-refractivity contribution in [1.82, 2.24) is 29.2 Å². The van der Waals surface area contributed by atoms with Crippen LogP contribution in [0.25, 0.3) is 11.0 Å². The first kappa shape index (κ1) is 41.5. The highest BCUT2D eigenvalue weighted by molar-refractivity contribution is 14.1. The molecule has 17 heteroatoms. The van der Waals surface area contributed by atoms with Gasteiger partial charge in [0.1, 0.15) is 51.4 Å². The summed E-state index contributed by atoms with van der Waals surface area (Å²) in [6.45, 7) is 20.9. The summed E-state index contributed by atoms with van der Waals surface area (Å²) >= 11 is 2.19. The van der Waals surface area contributed by atoms with E-state index in [1.165, 1.54) is 12.7 Å². The number of esters is 1. The molecule has 7 atom stereocenters. The average Bonchev–Trinajstić information content (AvgIpc) is 3.81. The number of rotatable bonds is 5. The van der Waals surface area contributed by atoms with Crippen LogP contribution >= 0.6 is 22.6 Å². The fourth-order valence-corrected chi connectivity index (χ4v) is 7.33. The third-order valence-corrected chi connectivity index (χ3v) is 14.6. The van der Waals surface area contributed by atoms with Gasteiger partial charge >= 0.3 is 5.97 Å². The lowest BCUT2D eigenvalue weighted by Crippen LogP contribution is -2.51. The van der Waals surface area contributed by atoms with Crippen LogP contribution in [0.3, 0.4) is 0 Å². The molecule has 0 radical (unpaired) electrons. The van der Waals surface area contributed by atoms with Crippen molar-refractivity contribution in [2.45, 2.75) is 123 Å². The predicted molar refractivity (Wildman–Crippen MR) is 201 cm³/mol. The lowest BCUT2D eigenvalue weighted by Gasteiger charge is -2.42. The second-order valence-corrected chi connectivity index (χ2v) is 19.4. The molecule has 0 spiro atoms. The molecule has 2 saturated heterocycles. The molecule has 2 unspecified atom stereocenters. The molecule has 0 saturated carbocycles. The van der Waals surface area contributed by atoms with Crippen LogP contribution in [0, 0.1) is 9.62 Å². The number of nitrogens with two attached hydrogens (primary N) is 2. The monoisotopic (exact) mass is 828 g/mol. The van der Waals surface area contributed by atoms with E-state index in [2.05, 4.69) is 95.2 Å². The van der Waals surface area contributed by atoms with Crippen LogP contribution in [0.15, 0.2) is 36.9 Å². The van der Waals surface area contributed by atoms with Gasteiger partial charge in [-0.05, 0) is 77.8 Å². The van der Waals surface area contributed by atoms with Crippen LogP contribution < -0.4 is 11.5 Å². The molecule has 2 aliphatic heterocycles. The van der Waals surface area contributed by atoms with E-state index >= 15 is 0 Å². The van der Waals surface area contributed by atoms with E-state index in [-0.39, 0.29) is 17.1 Å². The predicted octanol–water partition coefficient (Wildman–Crippen LogP) is 4.28.